The number of rotatable bonds is 3. The predicted octanol–water partition coefficient (Wildman–Crippen LogP) is 2.69. The van der Waals surface area contributed by atoms with Gasteiger partial charge in [-0.2, -0.15) is 10.4 Å². The van der Waals surface area contributed by atoms with Gasteiger partial charge >= 0.3 is 6.03 Å². The van der Waals surface area contributed by atoms with Gasteiger partial charge < -0.3 is 14.8 Å². The summed E-state index contributed by atoms with van der Waals surface area (Å²) in [5, 5.41) is 14.7. The van der Waals surface area contributed by atoms with E-state index in [2.05, 4.69) is 25.0 Å². The largest absolute Gasteiger partial charge is 0.343 e. The molecule has 12 heteroatoms. The lowest BCUT2D eigenvalue weighted by Gasteiger charge is -2.37. The number of benzene rings is 1. The number of nitrogens with zero attached hydrogens (tertiary/aromatic N) is 8. The lowest BCUT2D eigenvalue weighted by atomic mass is 10.0. The van der Waals surface area contributed by atoms with Crippen molar-refractivity contribution in [3.05, 3.63) is 59.6 Å². The van der Waals surface area contributed by atoms with Crippen LogP contribution in [0.1, 0.15) is 23.6 Å². The molecule has 2 amide bonds. The molecule has 2 aliphatic heterocycles. The molecule has 1 N–H and O–H groups in total. The summed E-state index contributed by atoms with van der Waals surface area (Å²) in [6.07, 6.45) is 6.24. The van der Waals surface area contributed by atoms with Gasteiger partial charge in [-0.3, -0.25) is 0 Å². The van der Waals surface area contributed by atoms with Crippen molar-refractivity contribution in [3.8, 4) is 17.6 Å². The fraction of sp³-hybridized carbons (Fsp3) is 0.273. The molecule has 0 radical (unpaired) electrons. The zero-order valence-corrected chi connectivity index (χ0v) is 17.9. The number of H-pyrrole nitrogens is 1. The van der Waals surface area contributed by atoms with Gasteiger partial charge in [-0.05, 0) is 23.8 Å². The molecule has 2 aliphatic rings. The van der Waals surface area contributed by atoms with Gasteiger partial charge in [0.05, 0.1) is 23.9 Å². The Labute approximate surface area is 193 Å². The number of carbonyl (C=O) groups is 1. The zero-order chi connectivity index (χ0) is 23.7. The van der Waals surface area contributed by atoms with Gasteiger partial charge in [0.1, 0.15) is 11.5 Å². The predicted molar refractivity (Wildman–Crippen MR) is 118 cm³/mol. The van der Waals surface area contributed by atoms with Gasteiger partial charge in [-0.1, -0.05) is 0 Å². The number of aromatic amines is 1. The van der Waals surface area contributed by atoms with Crippen molar-refractivity contribution >= 4 is 18.2 Å². The lowest BCUT2D eigenvalue weighted by Crippen LogP contribution is -2.52. The van der Waals surface area contributed by atoms with E-state index in [9.17, 15) is 13.6 Å². The van der Waals surface area contributed by atoms with Gasteiger partial charge in [0.2, 0.25) is 5.95 Å². The molecule has 0 unspecified atom stereocenters. The number of carbonyl (C=O) groups excluding carboxylic acids is 1. The third-order valence-electron chi connectivity index (χ3n) is 5.75. The van der Waals surface area contributed by atoms with Crippen LogP contribution in [0, 0.1) is 23.0 Å². The number of hydrogen-bond acceptors (Lipinski definition) is 7. The van der Waals surface area contributed by atoms with Crippen LogP contribution in [0.2, 0.25) is 0 Å². The van der Waals surface area contributed by atoms with Crippen molar-refractivity contribution in [2.75, 3.05) is 31.1 Å². The number of nitrogens with one attached hydrogen (secondary N) is 1. The van der Waals surface area contributed by atoms with Crippen LogP contribution in [0.3, 0.4) is 0 Å². The third-order valence-corrected chi connectivity index (χ3v) is 5.75. The van der Waals surface area contributed by atoms with Crippen LogP contribution in [0.15, 0.2) is 41.9 Å². The summed E-state index contributed by atoms with van der Waals surface area (Å²) in [5.41, 5.74) is 0.789. The first kappa shape index (κ1) is 21.4. The van der Waals surface area contributed by atoms with E-state index >= 15 is 0 Å². The average Bonchev–Trinajstić information content (AvgIpc) is 3.56. The molecule has 3 aromatic rings. The molecule has 1 fully saturated rings. The fourth-order valence-electron chi connectivity index (χ4n) is 4.06. The second-order valence-corrected chi connectivity index (χ2v) is 7.84. The molecular weight excluding hydrogens is 444 g/mol. The summed E-state index contributed by atoms with van der Waals surface area (Å²) < 4.78 is 28.1. The smallest absolute Gasteiger partial charge is 0.341 e. The van der Waals surface area contributed by atoms with Gasteiger partial charge in [0, 0.05) is 51.2 Å². The van der Waals surface area contributed by atoms with Crippen LogP contribution < -0.4 is 4.90 Å². The van der Waals surface area contributed by atoms with Gasteiger partial charge in [-0.25, -0.2) is 33.5 Å². The molecule has 172 valence electrons. The topological polar surface area (TPSA) is 117 Å². The maximum absolute atomic E-state index is 14.2. The highest BCUT2D eigenvalue weighted by Crippen LogP contribution is 2.31. The Morgan fingerprint density at radius 3 is 2.71 bits per heavy atom. The summed E-state index contributed by atoms with van der Waals surface area (Å²) >= 11 is 0. The Morgan fingerprint density at radius 1 is 1.15 bits per heavy atom. The SMILES string of the molecule is N#Cc1cc(F)cc([C@@H]2CC=NN2C(=O)N2CCN(c3ncc(F)c(-c4ncc[nH]4)n3)CC2)c1. The molecule has 4 heterocycles. The first-order chi connectivity index (χ1) is 16.5. The fourth-order valence-corrected chi connectivity index (χ4v) is 4.06. The van der Waals surface area contributed by atoms with Crippen molar-refractivity contribution in [1.29, 1.82) is 5.26 Å². The molecule has 0 spiro atoms. The molecular formula is C22H19F2N9O. The summed E-state index contributed by atoms with van der Waals surface area (Å²) in [7, 11) is 0. The number of hydrogen-bond donors (Lipinski definition) is 1. The number of imidazole rings is 1. The number of aromatic nitrogens is 4. The van der Waals surface area contributed by atoms with Crippen molar-refractivity contribution in [2.45, 2.75) is 12.5 Å². The Kier molecular flexibility index (Phi) is 5.59. The normalized spacial score (nSPS) is 17.8. The molecule has 0 aliphatic carbocycles. The Hall–Kier alpha value is -4.40. The lowest BCUT2D eigenvalue weighted by molar-refractivity contribution is 0.139. The first-order valence-electron chi connectivity index (χ1n) is 10.6. The Bertz CT molecular complexity index is 1280. The van der Waals surface area contributed by atoms with Crippen LogP contribution in [-0.4, -0.2) is 68.3 Å². The van der Waals surface area contributed by atoms with E-state index in [-0.39, 0.29) is 17.3 Å². The monoisotopic (exact) mass is 463 g/mol. The highest BCUT2D eigenvalue weighted by molar-refractivity contribution is 5.79. The Balaban J connectivity index is 1.27. The van der Waals surface area contributed by atoms with Crippen LogP contribution in [-0.2, 0) is 0 Å². The number of hydrazone groups is 1. The van der Waals surface area contributed by atoms with Gasteiger partial charge in [0.15, 0.2) is 11.6 Å². The second kappa shape index (κ2) is 8.86. The molecule has 0 saturated carbocycles. The minimum Gasteiger partial charge on any atom is -0.343 e. The van der Waals surface area contributed by atoms with E-state index in [1.165, 1.54) is 17.3 Å². The Morgan fingerprint density at radius 2 is 1.97 bits per heavy atom. The number of halogens is 2. The summed E-state index contributed by atoms with van der Waals surface area (Å²) in [5.74, 6) is -0.455. The van der Waals surface area contributed by atoms with E-state index in [1.807, 2.05) is 11.0 Å². The van der Waals surface area contributed by atoms with Crippen LogP contribution in [0.4, 0.5) is 19.5 Å². The molecule has 2 aromatic heterocycles. The van der Waals surface area contributed by atoms with E-state index in [1.54, 1.807) is 23.4 Å². The van der Waals surface area contributed by atoms with Crippen LogP contribution >= 0.6 is 0 Å². The zero-order valence-electron chi connectivity index (χ0n) is 17.9. The minimum atomic E-state index is -0.581. The number of amides is 2. The minimum absolute atomic E-state index is 0.0783. The van der Waals surface area contributed by atoms with E-state index in [4.69, 9.17) is 5.26 Å². The average molecular weight is 463 g/mol. The van der Waals surface area contributed by atoms with Crippen LogP contribution in [0.5, 0.6) is 0 Å². The van der Waals surface area contributed by atoms with Crippen LogP contribution in [0.25, 0.3) is 11.5 Å². The van der Waals surface area contributed by atoms with Gasteiger partial charge in [0.25, 0.3) is 0 Å². The number of anilines is 1. The summed E-state index contributed by atoms with van der Waals surface area (Å²) in [6.45, 7) is 1.63. The molecule has 34 heavy (non-hydrogen) atoms. The maximum Gasteiger partial charge on any atom is 0.341 e. The van der Waals surface area contributed by atoms with E-state index < -0.39 is 17.7 Å². The van der Waals surface area contributed by atoms with Crippen molar-refractivity contribution in [2.24, 2.45) is 5.10 Å². The molecule has 10 nitrogen and oxygen atoms in total. The summed E-state index contributed by atoms with van der Waals surface area (Å²) in [6, 6.07) is 5.19. The third kappa shape index (κ3) is 4.03. The number of piperazine rings is 1. The van der Waals surface area contributed by atoms with E-state index in [0.717, 1.165) is 12.3 Å². The van der Waals surface area contributed by atoms with Crippen molar-refractivity contribution < 1.29 is 13.6 Å². The number of urea groups is 1. The van der Waals surface area contributed by atoms with E-state index in [0.29, 0.717) is 49.9 Å². The molecule has 5 rings (SSSR count). The molecule has 1 saturated heterocycles. The second-order valence-electron chi connectivity index (χ2n) is 7.84. The highest BCUT2D eigenvalue weighted by Gasteiger charge is 2.34. The summed E-state index contributed by atoms with van der Waals surface area (Å²) in [4.78, 5) is 32.0. The standard InChI is InChI=1S/C22H19F2N9O/c23-16-10-14(12-25)9-15(11-16)18-1-2-29-33(18)22(34)32-7-5-31(6-8-32)21-28-13-17(24)19(30-21)20-26-3-4-27-20/h2-4,9-11,13,18H,1,5-8H2,(H,26,27)/t18-/m0/s1. The quantitative estimate of drug-likeness (QED) is 0.638. The first-order valence-corrected chi connectivity index (χ1v) is 10.6. The molecule has 0 bridgehead atoms. The van der Waals surface area contributed by atoms with Crippen molar-refractivity contribution in [1.82, 2.24) is 29.8 Å². The molecule has 1 atom stereocenters. The highest BCUT2D eigenvalue weighted by atomic mass is 19.1. The number of nitriles is 1. The maximum atomic E-state index is 14.2. The van der Waals surface area contributed by atoms with Crippen molar-refractivity contribution in [3.63, 3.8) is 0 Å². The van der Waals surface area contributed by atoms with Gasteiger partial charge in [-0.15, -0.1) is 0 Å². The molecule has 1 aromatic carbocycles.